The van der Waals surface area contributed by atoms with E-state index < -0.39 is 5.97 Å². The molecule has 6 rings (SSSR count). The Morgan fingerprint density at radius 3 is 2.58 bits per heavy atom. The monoisotopic (exact) mass is 477 g/mol. The Kier molecular flexibility index (Phi) is 5.04. The van der Waals surface area contributed by atoms with Gasteiger partial charge in [-0.1, -0.05) is 18.6 Å². The number of carbonyl (C=O) groups is 1. The molecule has 178 valence electrons. The van der Waals surface area contributed by atoms with Crippen LogP contribution in [0.4, 0.5) is 4.39 Å². The van der Waals surface area contributed by atoms with Crippen molar-refractivity contribution in [3.63, 3.8) is 0 Å². The molecule has 2 aliphatic rings. The van der Waals surface area contributed by atoms with E-state index in [-0.39, 0.29) is 16.8 Å². The summed E-state index contributed by atoms with van der Waals surface area (Å²) in [6, 6.07) is 18.8. The summed E-state index contributed by atoms with van der Waals surface area (Å²) in [7, 11) is 0. The number of hydrogen-bond acceptors (Lipinski definition) is 3. The number of aryl methyl sites for hydroxylation is 1. The number of nitrogens with zero attached hydrogens (tertiary/aromatic N) is 3. The first-order valence-electron chi connectivity index (χ1n) is 12.1. The van der Waals surface area contributed by atoms with E-state index in [4.69, 9.17) is 0 Å². The van der Waals surface area contributed by atoms with Crippen molar-refractivity contribution in [3.8, 4) is 22.9 Å². The van der Waals surface area contributed by atoms with Gasteiger partial charge in [0.05, 0.1) is 23.7 Å². The van der Waals surface area contributed by atoms with Crippen LogP contribution in [0.3, 0.4) is 0 Å². The summed E-state index contributed by atoms with van der Waals surface area (Å²) in [5.74, 6) is -1.23. The molecule has 0 spiro atoms. The highest BCUT2D eigenvalue weighted by molar-refractivity contribution is 6.04. The number of hydrogen-bond donors (Lipinski definition) is 1. The molecule has 36 heavy (non-hydrogen) atoms. The van der Waals surface area contributed by atoms with Crippen LogP contribution >= 0.6 is 0 Å². The van der Waals surface area contributed by atoms with Gasteiger partial charge in [-0.25, -0.2) is 9.18 Å². The highest BCUT2D eigenvalue weighted by Crippen LogP contribution is 2.53. The second-order valence-corrected chi connectivity index (χ2v) is 9.88. The average molecular weight is 478 g/mol. The van der Waals surface area contributed by atoms with E-state index >= 15 is 0 Å². The molecular formula is C30H24FN3O2. The Labute approximate surface area is 208 Å². The second-order valence-electron chi connectivity index (χ2n) is 9.88. The molecule has 0 unspecified atom stereocenters. The van der Waals surface area contributed by atoms with Gasteiger partial charge in [0.2, 0.25) is 0 Å². The number of carboxylic acid groups (broad SMARTS) is 1. The van der Waals surface area contributed by atoms with Gasteiger partial charge in [0, 0.05) is 40.4 Å². The Morgan fingerprint density at radius 1 is 1.17 bits per heavy atom. The standard InChI is InChI=1S/C30H24FN3O2/c1-18-13-23(7-8-25(18)31)34-26-15-22-17-33-16-21(22)14-24(26)27(19-3-5-20(6-4-19)29(35)36)28(34)30(11-12-32)9-2-10-30/h3-8,13-15,17H,2,9-11,16H2,1H3,(H,35,36). The molecule has 1 fully saturated rings. The van der Waals surface area contributed by atoms with E-state index in [2.05, 4.69) is 27.8 Å². The maximum atomic E-state index is 14.3. The molecule has 0 saturated heterocycles. The molecule has 6 heteroatoms. The molecule has 5 nitrogen and oxygen atoms in total. The minimum atomic E-state index is -0.971. The number of fused-ring (bicyclic) bond motifs is 2. The maximum Gasteiger partial charge on any atom is 0.335 e. The Balaban J connectivity index is 1.75. The number of halogens is 1. The highest BCUT2D eigenvalue weighted by atomic mass is 19.1. The van der Waals surface area contributed by atoms with Crippen LogP contribution in [0.1, 0.15) is 58.4 Å². The third kappa shape index (κ3) is 3.27. The fourth-order valence-electron chi connectivity index (χ4n) is 5.76. The smallest absolute Gasteiger partial charge is 0.335 e. The van der Waals surface area contributed by atoms with Crippen LogP contribution in [0.25, 0.3) is 27.7 Å². The molecule has 0 amide bonds. The summed E-state index contributed by atoms with van der Waals surface area (Å²) in [6.07, 6.45) is 5.07. The first-order chi connectivity index (χ1) is 17.4. The van der Waals surface area contributed by atoms with Gasteiger partial charge in [-0.3, -0.25) is 4.99 Å². The van der Waals surface area contributed by atoms with Gasteiger partial charge < -0.3 is 9.67 Å². The molecule has 1 aliphatic carbocycles. The van der Waals surface area contributed by atoms with Crippen molar-refractivity contribution in [2.75, 3.05) is 0 Å². The van der Waals surface area contributed by atoms with Crippen molar-refractivity contribution in [1.82, 2.24) is 4.57 Å². The first-order valence-corrected chi connectivity index (χ1v) is 12.1. The van der Waals surface area contributed by atoms with Gasteiger partial charge in [-0.05, 0) is 84.5 Å². The Morgan fingerprint density at radius 2 is 1.94 bits per heavy atom. The maximum absolute atomic E-state index is 14.3. The minimum Gasteiger partial charge on any atom is -0.478 e. The van der Waals surface area contributed by atoms with Crippen molar-refractivity contribution in [2.45, 2.75) is 44.6 Å². The summed E-state index contributed by atoms with van der Waals surface area (Å²) in [4.78, 5) is 16.0. The molecule has 2 heterocycles. The largest absolute Gasteiger partial charge is 0.478 e. The fourth-order valence-corrected chi connectivity index (χ4v) is 5.76. The predicted molar refractivity (Wildman–Crippen MR) is 137 cm³/mol. The molecule has 1 aromatic heterocycles. The number of nitriles is 1. The molecule has 1 saturated carbocycles. The lowest BCUT2D eigenvalue weighted by molar-refractivity contribution is 0.0697. The molecule has 4 aromatic rings. The van der Waals surface area contributed by atoms with Crippen LogP contribution in [0.2, 0.25) is 0 Å². The van der Waals surface area contributed by atoms with Gasteiger partial charge >= 0.3 is 5.97 Å². The molecule has 3 aromatic carbocycles. The number of aromatic carboxylic acids is 1. The molecule has 0 bridgehead atoms. The third-order valence-corrected chi connectivity index (χ3v) is 7.77. The first kappa shape index (κ1) is 22.2. The second kappa shape index (κ2) is 8.17. The van der Waals surface area contributed by atoms with E-state index in [1.54, 1.807) is 25.1 Å². The van der Waals surface area contributed by atoms with Crippen LogP contribution in [0.15, 0.2) is 59.6 Å². The normalized spacial score (nSPS) is 15.5. The third-order valence-electron chi connectivity index (χ3n) is 7.77. The molecule has 0 atom stereocenters. The van der Waals surface area contributed by atoms with Crippen LogP contribution in [0.5, 0.6) is 0 Å². The lowest BCUT2D eigenvalue weighted by Crippen LogP contribution is -2.36. The summed E-state index contributed by atoms with van der Waals surface area (Å²) < 4.78 is 16.5. The number of aliphatic imine (C=N–C) groups is 1. The Hall–Kier alpha value is -4.24. The zero-order valence-corrected chi connectivity index (χ0v) is 19.9. The van der Waals surface area contributed by atoms with Crippen molar-refractivity contribution < 1.29 is 14.3 Å². The lowest BCUT2D eigenvalue weighted by Gasteiger charge is -2.42. The van der Waals surface area contributed by atoms with Crippen molar-refractivity contribution in [3.05, 3.63) is 88.4 Å². The summed E-state index contributed by atoms with van der Waals surface area (Å²) in [5, 5.41) is 20.3. The zero-order valence-electron chi connectivity index (χ0n) is 19.9. The van der Waals surface area contributed by atoms with Crippen LogP contribution in [0, 0.1) is 24.1 Å². The van der Waals surface area contributed by atoms with Gasteiger partial charge in [0.25, 0.3) is 0 Å². The van der Waals surface area contributed by atoms with E-state index in [0.29, 0.717) is 18.5 Å². The number of rotatable bonds is 5. The minimum absolute atomic E-state index is 0.225. The lowest BCUT2D eigenvalue weighted by atomic mass is 9.63. The van der Waals surface area contributed by atoms with Gasteiger partial charge in [0.15, 0.2) is 0 Å². The van der Waals surface area contributed by atoms with Crippen molar-refractivity contribution in [2.24, 2.45) is 4.99 Å². The average Bonchev–Trinajstić information content (AvgIpc) is 3.43. The number of carboxylic acids is 1. The summed E-state index contributed by atoms with van der Waals surface area (Å²) in [5.41, 5.74) is 7.41. The van der Waals surface area contributed by atoms with Gasteiger partial charge in [-0.15, -0.1) is 0 Å². The number of benzene rings is 3. The molecule has 0 radical (unpaired) electrons. The quantitative estimate of drug-likeness (QED) is 0.347. The zero-order chi connectivity index (χ0) is 25.0. The van der Waals surface area contributed by atoms with Gasteiger partial charge in [0.1, 0.15) is 5.82 Å². The van der Waals surface area contributed by atoms with Crippen molar-refractivity contribution >= 4 is 23.1 Å². The van der Waals surface area contributed by atoms with Crippen LogP contribution in [-0.4, -0.2) is 21.9 Å². The molecular weight excluding hydrogens is 453 g/mol. The van der Waals surface area contributed by atoms with Crippen LogP contribution < -0.4 is 0 Å². The molecule has 1 N–H and O–H groups in total. The number of aromatic nitrogens is 1. The summed E-state index contributed by atoms with van der Waals surface area (Å²) >= 11 is 0. The highest BCUT2D eigenvalue weighted by Gasteiger charge is 2.44. The van der Waals surface area contributed by atoms with Crippen LogP contribution in [-0.2, 0) is 12.0 Å². The Bertz CT molecular complexity index is 1620. The fraction of sp³-hybridized carbons (Fsp3) is 0.233. The predicted octanol–water partition coefficient (Wildman–Crippen LogP) is 6.71. The van der Waals surface area contributed by atoms with E-state index in [9.17, 15) is 19.6 Å². The summed E-state index contributed by atoms with van der Waals surface area (Å²) in [6.45, 7) is 2.37. The van der Waals surface area contributed by atoms with Crippen molar-refractivity contribution in [1.29, 1.82) is 5.26 Å². The SMILES string of the molecule is Cc1cc(-n2c(C3(CC#N)CCC3)c(-c3ccc(C(=O)O)cc3)c3cc4c(cc32)C=NC4)ccc1F. The van der Waals surface area contributed by atoms with Gasteiger partial charge in [-0.2, -0.15) is 5.26 Å². The molecule has 1 aliphatic heterocycles. The van der Waals surface area contributed by atoms with E-state index in [0.717, 1.165) is 63.8 Å². The van der Waals surface area contributed by atoms with E-state index in [1.807, 2.05) is 24.4 Å². The topological polar surface area (TPSA) is 78.4 Å². The van der Waals surface area contributed by atoms with E-state index in [1.165, 1.54) is 6.07 Å².